The van der Waals surface area contributed by atoms with E-state index in [2.05, 4.69) is 21.2 Å². The van der Waals surface area contributed by atoms with Gasteiger partial charge >= 0.3 is 0 Å². The number of hydrogen-bond donors (Lipinski definition) is 1. The first-order valence-electron chi connectivity index (χ1n) is 6.30. The van der Waals surface area contributed by atoms with Crippen LogP contribution >= 0.6 is 27.5 Å². The van der Waals surface area contributed by atoms with Crippen LogP contribution < -0.4 is 10.1 Å². The van der Waals surface area contributed by atoms with Gasteiger partial charge in [0.15, 0.2) is 5.75 Å². The van der Waals surface area contributed by atoms with Crippen LogP contribution in [0.15, 0.2) is 34.8 Å². The van der Waals surface area contributed by atoms with Crippen LogP contribution in [0, 0.1) is 11.6 Å². The number of hydrogen-bond acceptors (Lipinski definition) is 2. The van der Waals surface area contributed by atoms with Gasteiger partial charge in [-0.3, -0.25) is 0 Å². The largest absolute Gasteiger partial charge is 0.491 e. The van der Waals surface area contributed by atoms with Gasteiger partial charge < -0.3 is 10.1 Å². The molecule has 2 rings (SSSR count). The molecule has 0 radical (unpaired) electrons. The fourth-order valence-corrected chi connectivity index (χ4v) is 2.82. The Bertz CT molecular complexity index is 632. The van der Waals surface area contributed by atoms with E-state index in [1.807, 2.05) is 6.92 Å². The van der Waals surface area contributed by atoms with Gasteiger partial charge in [0.25, 0.3) is 0 Å². The maximum Gasteiger partial charge on any atom is 0.156 e. The number of ether oxygens (including phenoxy) is 1. The average Bonchev–Trinajstić information content (AvgIpc) is 2.38. The Hall–Kier alpha value is -1.33. The van der Waals surface area contributed by atoms with Crippen LogP contribution in [0.5, 0.6) is 5.75 Å². The number of benzene rings is 2. The number of rotatable bonds is 5. The molecule has 2 aromatic rings. The number of anilines is 1. The molecule has 0 atom stereocenters. The molecule has 21 heavy (non-hydrogen) atoms. The zero-order valence-corrected chi connectivity index (χ0v) is 13.6. The first-order chi connectivity index (χ1) is 9.99. The van der Waals surface area contributed by atoms with Crippen molar-refractivity contribution in [2.75, 3.05) is 11.9 Å². The van der Waals surface area contributed by atoms with Gasteiger partial charge in [-0.2, -0.15) is 0 Å². The summed E-state index contributed by atoms with van der Waals surface area (Å²) < 4.78 is 32.6. The van der Waals surface area contributed by atoms with Crippen molar-refractivity contribution in [3.05, 3.63) is 57.0 Å². The molecule has 0 saturated carbocycles. The van der Waals surface area contributed by atoms with Crippen LogP contribution in [-0.4, -0.2) is 6.61 Å². The van der Waals surface area contributed by atoms with Gasteiger partial charge in [-0.1, -0.05) is 11.6 Å². The second kappa shape index (κ2) is 7.09. The van der Waals surface area contributed by atoms with E-state index in [0.717, 1.165) is 6.07 Å². The summed E-state index contributed by atoms with van der Waals surface area (Å²) in [5.74, 6) is -0.605. The molecule has 0 heterocycles. The van der Waals surface area contributed by atoms with Gasteiger partial charge in [-0.05, 0) is 52.7 Å². The maximum absolute atomic E-state index is 13.2. The molecule has 0 unspecified atom stereocenters. The van der Waals surface area contributed by atoms with Crippen molar-refractivity contribution >= 4 is 33.2 Å². The van der Waals surface area contributed by atoms with Crippen molar-refractivity contribution in [2.45, 2.75) is 13.5 Å². The lowest BCUT2D eigenvalue weighted by Crippen LogP contribution is -2.04. The highest BCUT2D eigenvalue weighted by molar-refractivity contribution is 9.10. The Morgan fingerprint density at radius 3 is 2.43 bits per heavy atom. The summed E-state index contributed by atoms with van der Waals surface area (Å²) >= 11 is 9.39. The van der Waals surface area contributed by atoms with E-state index < -0.39 is 11.6 Å². The number of halogens is 4. The zero-order chi connectivity index (χ0) is 15.4. The predicted octanol–water partition coefficient (Wildman–Crippen LogP) is 5.39. The summed E-state index contributed by atoms with van der Waals surface area (Å²) in [6, 6.07) is 6.81. The van der Waals surface area contributed by atoms with Gasteiger partial charge in [0.1, 0.15) is 11.6 Å². The Morgan fingerprint density at radius 2 is 1.81 bits per heavy atom. The quantitative estimate of drug-likeness (QED) is 0.755. The molecule has 0 spiro atoms. The minimum Gasteiger partial charge on any atom is -0.491 e. The van der Waals surface area contributed by atoms with E-state index in [4.69, 9.17) is 16.3 Å². The van der Waals surface area contributed by atoms with Gasteiger partial charge in [0.05, 0.1) is 16.8 Å². The summed E-state index contributed by atoms with van der Waals surface area (Å²) in [5.41, 5.74) is 1.15. The molecule has 0 aliphatic rings. The highest BCUT2D eigenvalue weighted by atomic mass is 79.9. The smallest absolute Gasteiger partial charge is 0.156 e. The first kappa shape index (κ1) is 16.0. The van der Waals surface area contributed by atoms with E-state index in [9.17, 15) is 8.78 Å². The molecular formula is C15H13BrClF2NO. The Morgan fingerprint density at radius 1 is 1.14 bits per heavy atom. The molecule has 6 heteroatoms. The van der Waals surface area contributed by atoms with Crippen molar-refractivity contribution in [3.63, 3.8) is 0 Å². The summed E-state index contributed by atoms with van der Waals surface area (Å²) in [5, 5.41) is 3.60. The van der Waals surface area contributed by atoms with Gasteiger partial charge in [-0.15, -0.1) is 0 Å². The lowest BCUT2D eigenvalue weighted by Gasteiger charge is -2.15. The lowest BCUT2D eigenvalue weighted by molar-refractivity contribution is 0.339. The van der Waals surface area contributed by atoms with Crippen LogP contribution in [0.2, 0.25) is 5.02 Å². The van der Waals surface area contributed by atoms with Crippen LogP contribution in [0.1, 0.15) is 12.5 Å². The monoisotopic (exact) mass is 375 g/mol. The van der Waals surface area contributed by atoms with E-state index in [1.54, 1.807) is 12.1 Å². The van der Waals surface area contributed by atoms with Gasteiger partial charge in [-0.25, -0.2) is 8.78 Å². The molecule has 2 nitrogen and oxygen atoms in total. The van der Waals surface area contributed by atoms with Crippen molar-refractivity contribution in [3.8, 4) is 5.75 Å². The average molecular weight is 377 g/mol. The second-order valence-electron chi connectivity index (χ2n) is 4.33. The Kier molecular flexibility index (Phi) is 5.42. The molecule has 0 saturated heterocycles. The van der Waals surface area contributed by atoms with Crippen LogP contribution in [0.25, 0.3) is 0 Å². The molecule has 0 aromatic heterocycles. The third kappa shape index (κ3) is 4.32. The molecule has 112 valence electrons. The fourth-order valence-electron chi connectivity index (χ4n) is 1.89. The van der Waals surface area contributed by atoms with Crippen molar-refractivity contribution in [1.29, 1.82) is 0 Å². The molecule has 0 amide bonds. The molecule has 0 aliphatic carbocycles. The van der Waals surface area contributed by atoms with Crippen molar-refractivity contribution in [2.24, 2.45) is 0 Å². The normalized spacial score (nSPS) is 10.5. The van der Waals surface area contributed by atoms with Crippen LogP contribution in [0.3, 0.4) is 0 Å². The first-order valence-corrected chi connectivity index (χ1v) is 7.47. The van der Waals surface area contributed by atoms with Crippen LogP contribution in [-0.2, 0) is 6.54 Å². The van der Waals surface area contributed by atoms with E-state index >= 15 is 0 Å². The molecule has 0 aliphatic heterocycles. The maximum atomic E-state index is 13.2. The Balaban J connectivity index is 2.22. The highest BCUT2D eigenvalue weighted by Crippen LogP contribution is 2.36. The Labute approximate surface area is 135 Å². The summed E-state index contributed by atoms with van der Waals surface area (Å²) in [6.45, 7) is 2.61. The summed E-state index contributed by atoms with van der Waals surface area (Å²) in [4.78, 5) is 0. The van der Waals surface area contributed by atoms with E-state index in [1.165, 1.54) is 12.1 Å². The molecular weight excluding hydrogens is 364 g/mol. The standard InChI is InChI=1S/C15H13BrClF2NO/c1-2-21-15-13(16)5-10(17)6-14(15)20-8-9-3-11(18)7-12(19)4-9/h3-7,20H,2,8H2,1H3. The minimum atomic E-state index is -0.607. The van der Waals surface area contributed by atoms with Gasteiger partial charge in [0, 0.05) is 17.6 Å². The molecule has 0 bridgehead atoms. The zero-order valence-electron chi connectivity index (χ0n) is 11.2. The minimum absolute atomic E-state index is 0.252. The SMILES string of the molecule is CCOc1c(Br)cc(Cl)cc1NCc1cc(F)cc(F)c1. The predicted molar refractivity (Wildman–Crippen MR) is 84.0 cm³/mol. The molecule has 1 N–H and O–H groups in total. The second-order valence-corrected chi connectivity index (χ2v) is 5.62. The number of nitrogens with one attached hydrogen (secondary N) is 1. The third-order valence-corrected chi connectivity index (χ3v) is 3.51. The summed E-state index contributed by atoms with van der Waals surface area (Å²) in [7, 11) is 0. The van der Waals surface area contributed by atoms with Crippen molar-refractivity contribution in [1.82, 2.24) is 0 Å². The highest BCUT2D eigenvalue weighted by Gasteiger charge is 2.10. The van der Waals surface area contributed by atoms with Gasteiger partial charge in [0.2, 0.25) is 0 Å². The van der Waals surface area contributed by atoms with E-state index in [-0.39, 0.29) is 6.54 Å². The lowest BCUT2D eigenvalue weighted by atomic mass is 10.2. The van der Waals surface area contributed by atoms with Crippen LogP contribution in [0.4, 0.5) is 14.5 Å². The molecule has 0 fully saturated rings. The van der Waals surface area contributed by atoms with Crippen molar-refractivity contribution < 1.29 is 13.5 Å². The third-order valence-electron chi connectivity index (χ3n) is 2.70. The van der Waals surface area contributed by atoms with E-state index in [0.29, 0.717) is 33.1 Å². The summed E-state index contributed by atoms with van der Waals surface area (Å²) in [6.07, 6.45) is 0. The molecule has 2 aromatic carbocycles. The fraction of sp³-hybridized carbons (Fsp3) is 0.200. The topological polar surface area (TPSA) is 21.3 Å².